The summed E-state index contributed by atoms with van der Waals surface area (Å²) in [5.74, 6) is 0.692. The van der Waals surface area contributed by atoms with Gasteiger partial charge in [0.15, 0.2) is 11.5 Å². The summed E-state index contributed by atoms with van der Waals surface area (Å²) in [5, 5.41) is 0. The molecular weight excluding hydrogens is 242 g/mol. The molecule has 0 fully saturated rings. The van der Waals surface area contributed by atoms with Crippen LogP contribution in [0, 0.1) is 6.92 Å². The maximum Gasteiger partial charge on any atom is 0.224 e. The van der Waals surface area contributed by atoms with Gasteiger partial charge in [0.2, 0.25) is 5.91 Å². The second-order valence-electron chi connectivity index (χ2n) is 4.97. The summed E-state index contributed by atoms with van der Waals surface area (Å²) < 4.78 is 5.48. The van der Waals surface area contributed by atoms with E-state index in [9.17, 15) is 4.79 Å². The third kappa shape index (κ3) is 3.32. The molecule has 0 saturated carbocycles. The fourth-order valence-corrected chi connectivity index (χ4v) is 1.98. The summed E-state index contributed by atoms with van der Waals surface area (Å²) in [5.41, 5.74) is 8.24. The number of rotatable bonds is 4. The lowest BCUT2D eigenvalue weighted by molar-refractivity contribution is -0.130. The minimum absolute atomic E-state index is 0.0452. The topological polar surface area (TPSA) is 72.4 Å². The lowest BCUT2D eigenvalue weighted by Crippen LogP contribution is -2.31. The summed E-state index contributed by atoms with van der Waals surface area (Å²) >= 11 is 0. The molecule has 0 radical (unpaired) electrons. The van der Waals surface area contributed by atoms with Gasteiger partial charge in [0, 0.05) is 33.0 Å². The van der Waals surface area contributed by atoms with Gasteiger partial charge < -0.3 is 15.1 Å². The maximum atomic E-state index is 11.8. The predicted octanol–water partition coefficient (Wildman–Crippen LogP) is 1.83. The van der Waals surface area contributed by atoms with Gasteiger partial charge in [0.25, 0.3) is 0 Å². The summed E-state index contributed by atoms with van der Waals surface area (Å²) in [6.45, 7) is 4.19. The summed E-state index contributed by atoms with van der Waals surface area (Å²) in [6, 6.07) is 5.67. The van der Waals surface area contributed by atoms with Crippen LogP contribution in [0.5, 0.6) is 0 Å². The van der Waals surface area contributed by atoms with E-state index in [2.05, 4.69) is 4.98 Å². The largest absolute Gasteiger partial charge is 0.441 e. The van der Waals surface area contributed by atoms with Crippen molar-refractivity contribution >= 4 is 17.0 Å². The quantitative estimate of drug-likeness (QED) is 0.911. The van der Waals surface area contributed by atoms with Crippen molar-refractivity contribution in [3.05, 3.63) is 29.7 Å². The van der Waals surface area contributed by atoms with E-state index >= 15 is 0 Å². The zero-order chi connectivity index (χ0) is 14.0. The highest BCUT2D eigenvalue weighted by atomic mass is 16.3. The van der Waals surface area contributed by atoms with Crippen molar-refractivity contribution < 1.29 is 9.21 Å². The summed E-state index contributed by atoms with van der Waals surface area (Å²) in [4.78, 5) is 17.8. The lowest BCUT2D eigenvalue weighted by atomic mass is 10.2. The van der Waals surface area contributed by atoms with E-state index in [4.69, 9.17) is 10.2 Å². The zero-order valence-electron chi connectivity index (χ0n) is 11.5. The van der Waals surface area contributed by atoms with Crippen molar-refractivity contribution in [2.45, 2.75) is 32.9 Å². The van der Waals surface area contributed by atoms with Gasteiger partial charge in [-0.1, -0.05) is 6.07 Å². The Bertz CT molecular complexity index is 589. The first-order chi connectivity index (χ1) is 8.95. The Kier molecular flexibility index (Phi) is 3.85. The van der Waals surface area contributed by atoms with E-state index in [0.29, 0.717) is 18.9 Å². The standard InChI is InChI=1S/C14H19N3O2/c1-9(15)6-14(18)17(3)8-11-4-5-12-13(7-11)19-10(2)16-12/h4-5,7,9H,6,8,15H2,1-3H3. The van der Waals surface area contributed by atoms with Crippen LogP contribution < -0.4 is 5.73 Å². The summed E-state index contributed by atoms with van der Waals surface area (Å²) in [6.07, 6.45) is 0.361. The first kappa shape index (κ1) is 13.5. The van der Waals surface area contributed by atoms with E-state index in [1.807, 2.05) is 32.0 Å². The van der Waals surface area contributed by atoms with E-state index in [1.54, 1.807) is 11.9 Å². The first-order valence-electron chi connectivity index (χ1n) is 6.31. The van der Waals surface area contributed by atoms with Crippen molar-refractivity contribution in [1.29, 1.82) is 0 Å². The normalized spacial score (nSPS) is 12.6. The molecule has 1 aromatic carbocycles. The molecule has 2 aromatic rings. The third-order valence-corrected chi connectivity index (χ3v) is 2.90. The molecule has 102 valence electrons. The number of hydrogen-bond acceptors (Lipinski definition) is 4. The molecule has 1 unspecified atom stereocenters. The first-order valence-corrected chi connectivity index (χ1v) is 6.31. The molecule has 19 heavy (non-hydrogen) atoms. The fraction of sp³-hybridized carbons (Fsp3) is 0.429. The predicted molar refractivity (Wildman–Crippen MR) is 73.5 cm³/mol. The van der Waals surface area contributed by atoms with Crippen molar-refractivity contribution in [1.82, 2.24) is 9.88 Å². The number of amides is 1. The highest BCUT2D eigenvalue weighted by Gasteiger charge is 2.12. The molecule has 5 heteroatoms. The van der Waals surface area contributed by atoms with Crippen molar-refractivity contribution in [3.63, 3.8) is 0 Å². The van der Waals surface area contributed by atoms with Crippen LogP contribution in [0.3, 0.4) is 0 Å². The number of carbonyl (C=O) groups excluding carboxylic acids is 1. The van der Waals surface area contributed by atoms with Crippen LogP contribution in [0.1, 0.15) is 24.8 Å². The number of hydrogen-bond donors (Lipinski definition) is 1. The Morgan fingerprint density at radius 3 is 2.95 bits per heavy atom. The average Bonchev–Trinajstić information content (AvgIpc) is 2.67. The molecule has 2 N–H and O–H groups in total. The van der Waals surface area contributed by atoms with E-state index < -0.39 is 0 Å². The molecule has 1 atom stereocenters. The van der Waals surface area contributed by atoms with Crippen molar-refractivity contribution in [2.75, 3.05) is 7.05 Å². The molecule has 1 aromatic heterocycles. The second-order valence-corrected chi connectivity index (χ2v) is 4.97. The fourth-order valence-electron chi connectivity index (χ4n) is 1.98. The minimum Gasteiger partial charge on any atom is -0.441 e. The minimum atomic E-state index is -0.116. The maximum absolute atomic E-state index is 11.8. The molecule has 0 aliphatic heterocycles. The molecule has 0 aliphatic rings. The van der Waals surface area contributed by atoms with Gasteiger partial charge in [0.05, 0.1) is 0 Å². The van der Waals surface area contributed by atoms with E-state index in [0.717, 1.165) is 16.7 Å². The number of nitrogens with two attached hydrogens (primary N) is 1. The van der Waals surface area contributed by atoms with Crippen LogP contribution >= 0.6 is 0 Å². The van der Waals surface area contributed by atoms with Crippen LogP contribution in [-0.2, 0) is 11.3 Å². The monoisotopic (exact) mass is 261 g/mol. The Labute approximate surface area is 112 Å². The molecule has 0 saturated heterocycles. The zero-order valence-corrected chi connectivity index (χ0v) is 11.5. The van der Waals surface area contributed by atoms with Gasteiger partial charge in [0.1, 0.15) is 5.52 Å². The van der Waals surface area contributed by atoms with Gasteiger partial charge >= 0.3 is 0 Å². The number of carbonyl (C=O) groups is 1. The molecule has 5 nitrogen and oxygen atoms in total. The highest BCUT2D eigenvalue weighted by Crippen LogP contribution is 2.17. The molecule has 1 heterocycles. The van der Waals surface area contributed by atoms with Gasteiger partial charge in [-0.2, -0.15) is 0 Å². The number of aryl methyl sites for hydroxylation is 1. The Morgan fingerprint density at radius 1 is 1.53 bits per heavy atom. The number of nitrogens with zero attached hydrogens (tertiary/aromatic N) is 2. The highest BCUT2D eigenvalue weighted by molar-refractivity contribution is 5.77. The van der Waals surface area contributed by atoms with Gasteiger partial charge in [-0.15, -0.1) is 0 Å². The van der Waals surface area contributed by atoms with Gasteiger partial charge in [-0.05, 0) is 24.6 Å². The molecule has 2 rings (SSSR count). The summed E-state index contributed by atoms with van der Waals surface area (Å²) in [7, 11) is 1.78. The SMILES string of the molecule is Cc1nc2ccc(CN(C)C(=O)CC(C)N)cc2o1. The van der Waals surface area contributed by atoms with Gasteiger partial charge in [-0.3, -0.25) is 4.79 Å². The number of aromatic nitrogens is 1. The van der Waals surface area contributed by atoms with E-state index in [1.165, 1.54) is 0 Å². The van der Waals surface area contributed by atoms with Crippen LogP contribution in [0.15, 0.2) is 22.6 Å². The van der Waals surface area contributed by atoms with E-state index in [-0.39, 0.29) is 11.9 Å². The van der Waals surface area contributed by atoms with Gasteiger partial charge in [-0.25, -0.2) is 4.98 Å². The Morgan fingerprint density at radius 2 is 2.26 bits per heavy atom. The van der Waals surface area contributed by atoms with Crippen LogP contribution in [-0.4, -0.2) is 28.9 Å². The third-order valence-electron chi connectivity index (χ3n) is 2.90. The molecule has 0 spiro atoms. The van der Waals surface area contributed by atoms with Crippen LogP contribution in [0.25, 0.3) is 11.1 Å². The van der Waals surface area contributed by atoms with Crippen LogP contribution in [0.4, 0.5) is 0 Å². The smallest absolute Gasteiger partial charge is 0.224 e. The second kappa shape index (κ2) is 5.40. The Balaban J connectivity index is 2.10. The number of fused-ring (bicyclic) bond motifs is 1. The lowest BCUT2D eigenvalue weighted by Gasteiger charge is -2.18. The molecule has 0 bridgehead atoms. The van der Waals surface area contributed by atoms with Crippen LogP contribution in [0.2, 0.25) is 0 Å². The molecular formula is C14H19N3O2. The van der Waals surface area contributed by atoms with Crippen molar-refractivity contribution in [2.24, 2.45) is 5.73 Å². The molecule has 1 amide bonds. The Hall–Kier alpha value is -1.88. The molecule has 0 aliphatic carbocycles. The number of benzene rings is 1. The number of oxazole rings is 1. The average molecular weight is 261 g/mol. The van der Waals surface area contributed by atoms with Crippen molar-refractivity contribution in [3.8, 4) is 0 Å².